The molecule has 1 aromatic heterocycles. The molecule has 3 aromatic rings. The maximum Gasteiger partial charge on any atom is 0.341 e. The molecule has 0 amide bonds. The number of anilines is 1. The fourth-order valence-corrected chi connectivity index (χ4v) is 3.78. The van der Waals surface area contributed by atoms with Crippen molar-refractivity contribution in [1.29, 1.82) is 0 Å². The number of rotatable bonds is 4. The Bertz CT molecular complexity index is 1160. The maximum absolute atomic E-state index is 14.7. The fraction of sp³-hybridized carbons (Fsp3) is 0.238. The number of benzene rings is 2. The first kappa shape index (κ1) is 19.0. The summed E-state index contributed by atoms with van der Waals surface area (Å²) >= 11 is 0. The summed E-state index contributed by atoms with van der Waals surface area (Å²) < 4.78 is 43.3. The van der Waals surface area contributed by atoms with E-state index in [0.29, 0.717) is 24.3 Å². The zero-order valence-corrected chi connectivity index (χ0v) is 15.3. The first-order valence-electron chi connectivity index (χ1n) is 9.13. The average Bonchev–Trinajstić information content (AvgIpc) is 3.17. The second kappa shape index (κ2) is 7.27. The van der Waals surface area contributed by atoms with E-state index in [0.717, 1.165) is 43.3 Å². The number of aromatic carboxylic acids is 1. The number of aromatic nitrogens is 1. The Balaban J connectivity index is 1.94. The van der Waals surface area contributed by atoms with Gasteiger partial charge in [0.1, 0.15) is 23.0 Å². The molecule has 0 atom stereocenters. The molecule has 1 aliphatic rings. The highest BCUT2D eigenvalue weighted by molar-refractivity contribution is 5.93. The van der Waals surface area contributed by atoms with Crippen molar-refractivity contribution in [3.63, 3.8) is 0 Å². The maximum atomic E-state index is 14.7. The predicted molar refractivity (Wildman–Crippen MR) is 102 cm³/mol. The number of hydrogen-bond acceptors (Lipinski definition) is 3. The van der Waals surface area contributed by atoms with Crippen LogP contribution in [0.4, 0.5) is 18.9 Å². The molecule has 1 aliphatic heterocycles. The number of hydrogen-bond donors (Lipinski definition) is 1. The number of carboxylic acids is 1. The van der Waals surface area contributed by atoms with E-state index in [1.807, 2.05) is 4.90 Å². The third-order valence-electron chi connectivity index (χ3n) is 5.10. The quantitative estimate of drug-likeness (QED) is 0.722. The van der Waals surface area contributed by atoms with Crippen LogP contribution < -0.4 is 10.3 Å². The molecule has 0 saturated carbocycles. The Morgan fingerprint density at radius 3 is 2.28 bits per heavy atom. The van der Waals surface area contributed by atoms with Gasteiger partial charge in [-0.25, -0.2) is 18.0 Å². The molecule has 1 fully saturated rings. The van der Waals surface area contributed by atoms with Gasteiger partial charge < -0.3 is 14.6 Å². The highest BCUT2D eigenvalue weighted by Gasteiger charge is 2.21. The number of carbonyl (C=O) groups is 1. The van der Waals surface area contributed by atoms with Crippen LogP contribution in [-0.4, -0.2) is 28.7 Å². The van der Waals surface area contributed by atoms with Gasteiger partial charge in [0.05, 0.1) is 11.2 Å². The molecule has 0 radical (unpaired) electrons. The van der Waals surface area contributed by atoms with Crippen LogP contribution in [0.5, 0.6) is 0 Å². The van der Waals surface area contributed by atoms with Gasteiger partial charge in [-0.05, 0) is 42.7 Å². The first-order valence-corrected chi connectivity index (χ1v) is 9.13. The molecule has 1 saturated heterocycles. The van der Waals surface area contributed by atoms with E-state index < -0.39 is 34.4 Å². The van der Waals surface area contributed by atoms with Crippen LogP contribution in [-0.2, 0) is 6.54 Å². The lowest BCUT2D eigenvalue weighted by Crippen LogP contribution is -2.22. The van der Waals surface area contributed by atoms with E-state index in [9.17, 15) is 27.9 Å². The minimum atomic E-state index is -1.46. The SMILES string of the molecule is O=C(O)c1cn(Cc2cc(F)cc(F)c2)c2cc(N3CCCC3)c(F)cc2c1=O. The lowest BCUT2D eigenvalue weighted by atomic mass is 10.1. The van der Waals surface area contributed by atoms with Gasteiger partial charge in [-0.3, -0.25) is 4.79 Å². The van der Waals surface area contributed by atoms with Crippen molar-refractivity contribution in [2.75, 3.05) is 18.0 Å². The molecular formula is C21H17F3N2O3. The standard InChI is InChI=1S/C21H17F3N2O3/c22-13-5-12(6-14(23)7-13)10-26-11-16(21(28)29)20(27)15-8-17(24)19(9-18(15)26)25-3-1-2-4-25/h5-9,11H,1-4,10H2,(H,28,29). The van der Waals surface area contributed by atoms with Crippen LogP contribution in [0.25, 0.3) is 10.9 Å². The monoisotopic (exact) mass is 402 g/mol. The van der Waals surface area contributed by atoms with Crippen molar-refractivity contribution in [2.45, 2.75) is 19.4 Å². The summed E-state index contributed by atoms with van der Waals surface area (Å²) in [4.78, 5) is 25.9. The molecule has 0 unspecified atom stereocenters. The zero-order chi connectivity index (χ0) is 20.7. The van der Waals surface area contributed by atoms with E-state index in [1.54, 1.807) is 0 Å². The summed E-state index contributed by atoms with van der Waals surface area (Å²) in [5, 5.41) is 9.27. The molecule has 2 heterocycles. The molecule has 1 N–H and O–H groups in total. The van der Waals surface area contributed by atoms with E-state index >= 15 is 0 Å². The summed E-state index contributed by atoms with van der Waals surface area (Å²) in [5.74, 6) is -3.61. The highest BCUT2D eigenvalue weighted by Crippen LogP contribution is 2.28. The fourth-order valence-electron chi connectivity index (χ4n) is 3.78. The predicted octanol–water partition coefficient (Wildman–Crippen LogP) is 3.77. The van der Waals surface area contributed by atoms with Crippen molar-refractivity contribution in [2.24, 2.45) is 0 Å². The Hall–Kier alpha value is -3.29. The molecule has 0 aliphatic carbocycles. The van der Waals surface area contributed by atoms with Crippen molar-refractivity contribution < 1.29 is 23.1 Å². The van der Waals surface area contributed by atoms with Crippen LogP contribution in [0.2, 0.25) is 0 Å². The molecule has 8 heteroatoms. The molecule has 0 bridgehead atoms. The van der Waals surface area contributed by atoms with E-state index in [2.05, 4.69) is 0 Å². The van der Waals surface area contributed by atoms with Crippen LogP contribution >= 0.6 is 0 Å². The first-order chi connectivity index (χ1) is 13.8. The highest BCUT2D eigenvalue weighted by atomic mass is 19.1. The summed E-state index contributed by atoms with van der Waals surface area (Å²) in [5.41, 5.74) is -0.482. The van der Waals surface area contributed by atoms with Gasteiger partial charge in [-0.15, -0.1) is 0 Å². The smallest absolute Gasteiger partial charge is 0.341 e. The lowest BCUT2D eigenvalue weighted by Gasteiger charge is -2.20. The van der Waals surface area contributed by atoms with Crippen molar-refractivity contribution in [3.05, 3.63) is 75.3 Å². The number of halogens is 3. The normalized spacial score (nSPS) is 14.0. The number of fused-ring (bicyclic) bond motifs is 1. The van der Waals surface area contributed by atoms with Crippen LogP contribution in [0.3, 0.4) is 0 Å². The summed E-state index contributed by atoms with van der Waals surface area (Å²) in [7, 11) is 0. The van der Waals surface area contributed by atoms with Gasteiger partial charge in [0.15, 0.2) is 0 Å². The van der Waals surface area contributed by atoms with Crippen molar-refractivity contribution >= 4 is 22.6 Å². The molecular weight excluding hydrogens is 385 g/mol. The van der Waals surface area contributed by atoms with Crippen LogP contribution in [0.15, 0.2) is 41.3 Å². The van der Waals surface area contributed by atoms with E-state index in [4.69, 9.17) is 0 Å². The summed E-state index contributed by atoms with van der Waals surface area (Å²) in [6, 6.07) is 5.52. The van der Waals surface area contributed by atoms with Gasteiger partial charge >= 0.3 is 5.97 Å². The molecule has 5 nitrogen and oxygen atoms in total. The number of pyridine rings is 1. The van der Waals surface area contributed by atoms with E-state index in [1.165, 1.54) is 10.6 Å². The third kappa shape index (κ3) is 3.57. The Labute approximate surface area is 163 Å². The molecule has 150 valence electrons. The number of carboxylic acid groups (broad SMARTS) is 1. The van der Waals surface area contributed by atoms with E-state index in [-0.39, 0.29) is 17.5 Å². The Morgan fingerprint density at radius 1 is 1.00 bits per heavy atom. The summed E-state index contributed by atoms with van der Waals surface area (Å²) in [6.45, 7) is 1.26. The van der Waals surface area contributed by atoms with Crippen LogP contribution in [0, 0.1) is 17.5 Å². The molecule has 4 rings (SSSR count). The number of nitrogens with zero attached hydrogens (tertiary/aromatic N) is 2. The average molecular weight is 402 g/mol. The largest absolute Gasteiger partial charge is 0.477 e. The topological polar surface area (TPSA) is 62.5 Å². The van der Waals surface area contributed by atoms with Gasteiger partial charge in [0, 0.05) is 37.3 Å². The minimum Gasteiger partial charge on any atom is -0.477 e. The summed E-state index contributed by atoms with van der Waals surface area (Å²) in [6.07, 6.45) is 2.97. The van der Waals surface area contributed by atoms with Gasteiger partial charge in [-0.1, -0.05) is 0 Å². The van der Waals surface area contributed by atoms with Gasteiger partial charge in [0.2, 0.25) is 5.43 Å². The Morgan fingerprint density at radius 2 is 1.66 bits per heavy atom. The second-order valence-corrected chi connectivity index (χ2v) is 7.10. The van der Waals surface area contributed by atoms with Crippen LogP contribution in [0.1, 0.15) is 28.8 Å². The third-order valence-corrected chi connectivity index (χ3v) is 5.10. The van der Waals surface area contributed by atoms with Crippen molar-refractivity contribution in [3.8, 4) is 0 Å². The Kier molecular flexibility index (Phi) is 4.77. The van der Waals surface area contributed by atoms with Gasteiger partial charge in [0.25, 0.3) is 0 Å². The van der Waals surface area contributed by atoms with Crippen molar-refractivity contribution in [1.82, 2.24) is 4.57 Å². The molecule has 29 heavy (non-hydrogen) atoms. The van der Waals surface area contributed by atoms with Gasteiger partial charge in [-0.2, -0.15) is 0 Å². The molecule has 0 spiro atoms. The minimum absolute atomic E-state index is 0.0865. The lowest BCUT2D eigenvalue weighted by molar-refractivity contribution is 0.0695. The molecule has 2 aromatic carbocycles. The zero-order valence-electron chi connectivity index (χ0n) is 15.3. The second-order valence-electron chi connectivity index (χ2n) is 7.10.